The summed E-state index contributed by atoms with van der Waals surface area (Å²) >= 11 is 0. The van der Waals surface area contributed by atoms with Gasteiger partial charge in [-0.2, -0.15) is 10.2 Å². The Morgan fingerprint density at radius 3 is 2.71 bits per heavy atom. The summed E-state index contributed by atoms with van der Waals surface area (Å²) in [7, 11) is 0. The van der Waals surface area contributed by atoms with Crippen LogP contribution in [-0.2, 0) is 9.53 Å². The summed E-state index contributed by atoms with van der Waals surface area (Å²) in [4.78, 5) is 15.0. The molecule has 3 aliphatic rings. The van der Waals surface area contributed by atoms with Crippen LogP contribution in [0.1, 0.15) is 12.0 Å². The number of amides is 1. The lowest BCUT2D eigenvalue weighted by Crippen LogP contribution is -2.49. The summed E-state index contributed by atoms with van der Waals surface area (Å²) < 4.78 is 5.35. The molecular formula is C17H21N5O2. The zero-order valence-electron chi connectivity index (χ0n) is 13.5. The number of ether oxygens (including phenoxy) is 1. The van der Waals surface area contributed by atoms with E-state index in [2.05, 4.69) is 15.1 Å². The normalized spacial score (nSPS) is 24.2. The number of fused-ring (bicyclic) bond motifs is 1. The van der Waals surface area contributed by atoms with Crippen LogP contribution >= 0.6 is 0 Å². The molecule has 0 aliphatic carbocycles. The highest BCUT2D eigenvalue weighted by Gasteiger charge is 2.38. The third-order valence-corrected chi connectivity index (χ3v) is 4.63. The summed E-state index contributed by atoms with van der Waals surface area (Å²) in [6, 6.07) is 9.73. The molecule has 3 heterocycles. The van der Waals surface area contributed by atoms with Crippen LogP contribution in [-0.4, -0.2) is 78.3 Å². The van der Waals surface area contributed by atoms with Crippen molar-refractivity contribution in [2.75, 3.05) is 39.4 Å². The van der Waals surface area contributed by atoms with Gasteiger partial charge in [-0.25, -0.2) is 10.0 Å². The van der Waals surface area contributed by atoms with Gasteiger partial charge >= 0.3 is 0 Å². The van der Waals surface area contributed by atoms with Crippen molar-refractivity contribution in [3.63, 3.8) is 0 Å². The number of hydrazone groups is 2. The van der Waals surface area contributed by atoms with E-state index in [0.717, 1.165) is 44.1 Å². The Morgan fingerprint density at radius 1 is 1.12 bits per heavy atom. The molecule has 7 nitrogen and oxygen atoms in total. The van der Waals surface area contributed by atoms with E-state index in [4.69, 9.17) is 4.74 Å². The van der Waals surface area contributed by atoms with Gasteiger partial charge in [-0.3, -0.25) is 9.69 Å². The molecule has 1 amide bonds. The van der Waals surface area contributed by atoms with Crippen LogP contribution in [0.15, 0.2) is 40.5 Å². The number of carbonyl (C=O) groups is 1. The molecule has 1 fully saturated rings. The highest BCUT2D eigenvalue weighted by atomic mass is 16.5. The molecule has 1 atom stereocenters. The van der Waals surface area contributed by atoms with E-state index < -0.39 is 0 Å². The fourth-order valence-corrected chi connectivity index (χ4v) is 3.21. The molecule has 24 heavy (non-hydrogen) atoms. The maximum absolute atomic E-state index is 12.7. The van der Waals surface area contributed by atoms with Crippen LogP contribution < -0.4 is 0 Å². The molecule has 126 valence electrons. The molecular weight excluding hydrogens is 306 g/mol. The Hall–Kier alpha value is -2.25. The van der Waals surface area contributed by atoms with Gasteiger partial charge in [-0.15, -0.1) is 0 Å². The first-order chi connectivity index (χ1) is 11.8. The molecule has 1 aromatic carbocycles. The van der Waals surface area contributed by atoms with Crippen molar-refractivity contribution in [2.24, 2.45) is 10.2 Å². The van der Waals surface area contributed by atoms with Crippen LogP contribution in [0.4, 0.5) is 0 Å². The molecule has 7 heteroatoms. The fourth-order valence-electron chi connectivity index (χ4n) is 3.21. The average molecular weight is 327 g/mol. The van der Waals surface area contributed by atoms with E-state index in [-0.39, 0.29) is 11.9 Å². The summed E-state index contributed by atoms with van der Waals surface area (Å²) in [5.74, 6) is 0.0282. The molecule has 4 rings (SSSR count). The lowest BCUT2D eigenvalue weighted by Gasteiger charge is -2.32. The molecule has 0 N–H and O–H groups in total. The number of hydrogen-bond donors (Lipinski definition) is 0. The van der Waals surface area contributed by atoms with Crippen LogP contribution in [0.3, 0.4) is 0 Å². The van der Waals surface area contributed by atoms with Crippen molar-refractivity contribution in [3.05, 3.63) is 35.9 Å². The minimum absolute atomic E-state index is 0.0282. The zero-order chi connectivity index (χ0) is 16.4. The van der Waals surface area contributed by atoms with Crippen molar-refractivity contribution >= 4 is 18.0 Å². The van der Waals surface area contributed by atoms with E-state index in [1.165, 1.54) is 0 Å². The molecule has 1 saturated heterocycles. The molecule has 0 aromatic heterocycles. The first-order valence-electron chi connectivity index (χ1n) is 8.38. The minimum Gasteiger partial charge on any atom is -0.379 e. The molecule has 1 unspecified atom stereocenters. The Kier molecular flexibility index (Phi) is 4.27. The average Bonchev–Trinajstić information content (AvgIpc) is 3.08. The van der Waals surface area contributed by atoms with E-state index in [1.54, 1.807) is 16.4 Å². The lowest BCUT2D eigenvalue weighted by atomic mass is 10.0. The Labute approximate surface area is 141 Å². The van der Waals surface area contributed by atoms with Crippen LogP contribution in [0.25, 0.3) is 0 Å². The number of nitrogens with zero attached hydrogens (tertiary/aromatic N) is 5. The Morgan fingerprint density at radius 2 is 1.92 bits per heavy atom. The van der Waals surface area contributed by atoms with Crippen LogP contribution in [0.2, 0.25) is 0 Å². The van der Waals surface area contributed by atoms with Gasteiger partial charge in [0.2, 0.25) is 0 Å². The predicted molar refractivity (Wildman–Crippen MR) is 90.7 cm³/mol. The van der Waals surface area contributed by atoms with Gasteiger partial charge in [-0.1, -0.05) is 30.3 Å². The number of benzene rings is 1. The van der Waals surface area contributed by atoms with E-state index >= 15 is 0 Å². The van der Waals surface area contributed by atoms with E-state index in [9.17, 15) is 4.79 Å². The lowest BCUT2D eigenvalue weighted by molar-refractivity contribution is -0.136. The number of carbonyl (C=O) groups excluding carboxylic acids is 1. The summed E-state index contributed by atoms with van der Waals surface area (Å²) in [5.41, 5.74) is 2.00. The van der Waals surface area contributed by atoms with Crippen molar-refractivity contribution in [1.82, 2.24) is 14.9 Å². The number of morpholine rings is 1. The summed E-state index contributed by atoms with van der Waals surface area (Å²) in [6.45, 7) is 4.81. The van der Waals surface area contributed by atoms with Crippen molar-refractivity contribution in [2.45, 2.75) is 12.5 Å². The van der Waals surface area contributed by atoms with Gasteiger partial charge in [0, 0.05) is 26.1 Å². The monoisotopic (exact) mass is 327 g/mol. The zero-order valence-corrected chi connectivity index (χ0v) is 13.5. The molecule has 0 saturated carbocycles. The van der Waals surface area contributed by atoms with Crippen molar-refractivity contribution < 1.29 is 9.53 Å². The molecule has 0 bridgehead atoms. The molecule has 1 aromatic rings. The second kappa shape index (κ2) is 6.70. The summed E-state index contributed by atoms with van der Waals surface area (Å²) in [6.07, 6.45) is 2.30. The first kappa shape index (κ1) is 15.3. The highest BCUT2D eigenvalue weighted by Crippen LogP contribution is 2.23. The van der Waals surface area contributed by atoms with Crippen molar-refractivity contribution in [1.29, 1.82) is 0 Å². The van der Waals surface area contributed by atoms with Crippen molar-refractivity contribution in [3.8, 4) is 0 Å². The maximum atomic E-state index is 12.7. The van der Waals surface area contributed by atoms with E-state index in [1.807, 2.05) is 30.3 Å². The molecule has 0 radical (unpaired) electrons. The van der Waals surface area contributed by atoms with Gasteiger partial charge in [0.25, 0.3) is 5.91 Å². The van der Waals surface area contributed by atoms with Crippen LogP contribution in [0.5, 0.6) is 0 Å². The number of rotatable bonds is 4. The third-order valence-electron chi connectivity index (χ3n) is 4.63. The van der Waals surface area contributed by atoms with Crippen LogP contribution in [0, 0.1) is 0 Å². The maximum Gasteiger partial charge on any atom is 0.268 e. The Balaban J connectivity index is 1.38. The molecule has 0 spiro atoms. The SMILES string of the molecule is O=C1C2CC(c3ccccc3)=NN2C=NN1CCN1CCOCC1. The number of hydrogen-bond acceptors (Lipinski definition) is 6. The minimum atomic E-state index is -0.262. The summed E-state index contributed by atoms with van der Waals surface area (Å²) in [5, 5.41) is 12.1. The third kappa shape index (κ3) is 3.05. The fraction of sp³-hybridized carbons (Fsp3) is 0.471. The highest BCUT2D eigenvalue weighted by molar-refractivity contribution is 6.06. The van der Waals surface area contributed by atoms with Gasteiger partial charge in [0.1, 0.15) is 12.4 Å². The quantitative estimate of drug-likeness (QED) is 0.812. The van der Waals surface area contributed by atoms with Gasteiger partial charge in [0.15, 0.2) is 0 Å². The second-order valence-electron chi connectivity index (χ2n) is 6.16. The van der Waals surface area contributed by atoms with Gasteiger partial charge < -0.3 is 4.74 Å². The van der Waals surface area contributed by atoms with Gasteiger partial charge in [0.05, 0.1) is 25.5 Å². The Bertz CT molecular complexity index is 654. The predicted octanol–water partition coefficient (Wildman–Crippen LogP) is 0.583. The molecule has 3 aliphatic heterocycles. The van der Waals surface area contributed by atoms with Gasteiger partial charge in [-0.05, 0) is 5.56 Å². The standard InChI is InChI=1S/C17H21N5O2/c23-17-16-12-15(14-4-2-1-3-5-14)19-22(16)13-18-21(17)7-6-20-8-10-24-11-9-20/h1-5,13,16H,6-12H2. The second-order valence-corrected chi connectivity index (χ2v) is 6.16. The largest absolute Gasteiger partial charge is 0.379 e. The smallest absolute Gasteiger partial charge is 0.268 e. The first-order valence-corrected chi connectivity index (χ1v) is 8.38. The van der Waals surface area contributed by atoms with E-state index in [0.29, 0.717) is 13.0 Å². The topological polar surface area (TPSA) is 60.7 Å².